The van der Waals surface area contributed by atoms with E-state index in [9.17, 15) is 4.79 Å². The zero-order valence-electron chi connectivity index (χ0n) is 16.7. The second-order valence-electron chi connectivity index (χ2n) is 6.30. The SMILES string of the molecule is COc1cc(C2=NC(=Cc3cnn(-c4ccccc4)c3)C(=O)O2)cc(OC)c1OC. The lowest BCUT2D eigenvalue weighted by molar-refractivity contribution is -0.129. The molecule has 8 nitrogen and oxygen atoms in total. The van der Waals surface area contributed by atoms with Crippen molar-refractivity contribution >= 4 is 17.9 Å². The summed E-state index contributed by atoms with van der Waals surface area (Å²) >= 11 is 0. The molecule has 2 heterocycles. The minimum absolute atomic E-state index is 0.154. The number of carbonyl (C=O) groups excluding carboxylic acids is 1. The maximum atomic E-state index is 12.4. The summed E-state index contributed by atoms with van der Waals surface area (Å²) in [5, 5.41) is 4.32. The molecule has 0 saturated heterocycles. The standard InChI is InChI=1S/C22H19N3O5/c1-27-18-10-15(11-19(28-2)20(18)29-3)21-24-17(22(26)30-21)9-14-12-23-25(13-14)16-7-5-4-6-8-16/h4-13H,1-3H3. The van der Waals surface area contributed by atoms with Crippen molar-refractivity contribution in [3.63, 3.8) is 0 Å². The van der Waals surface area contributed by atoms with Crippen LogP contribution in [0.3, 0.4) is 0 Å². The van der Waals surface area contributed by atoms with Crippen molar-refractivity contribution in [1.82, 2.24) is 9.78 Å². The van der Waals surface area contributed by atoms with Crippen molar-refractivity contribution in [2.24, 2.45) is 4.99 Å². The maximum absolute atomic E-state index is 12.4. The van der Waals surface area contributed by atoms with Crippen molar-refractivity contribution < 1.29 is 23.7 Å². The van der Waals surface area contributed by atoms with E-state index in [4.69, 9.17) is 18.9 Å². The highest BCUT2D eigenvalue weighted by atomic mass is 16.6. The van der Waals surface area contributed by atoms with Gasteiger partial charge in [0.2, 0.25) is 11.6 Å². The lowest BCUT2D eigenvalue weighted by atomic mass is 10.1. The molecule has 1 aliphatic heterocycles. The van der Waals surface area contributed by atoms with Crippen LogP contribution < -0.4 is 14.2 Å². The van der Waals surface area contributed by atoms with Gasteiger partial charge in [0.05, 0.1) is 33.2 Å². The van der Waals surface area contributed by atoms with E-state index in [1.165, 1.54) is 21.3 Å². The van der Waals surface area contributed by atoms with E-state index in [2.05, 4.69) is 10.1 Å². The van der Waals surface area contributed by atoms with Crippen LogP contribution in [0.2, 0.25) is 0 Å². The molecule has 0 bridgehead atoms. The van der Waals surface area contributed by atoms with Gasteiger partial charge >= 0.3 is 5.97 Å². The van der Waals surface area contributed by atoms with E-state index in [0.29, 0.717) is 22.8 Å². The maximum Gasteiger partial charge on any atom is 0.363 e. The average Bonchev–Trinajstić information content (AvgIpc) is 3.40. The largest absolute Gasteiger partial charge is 0.493 e. The molecule has 0 unspecified atom stereocenters. The van der Waals surface area contributed by atoms with E-state index in [1.807, 2.05) is 36.5 Å². The number of aliphatic imine (C=N–C) groups is 1. The van der Waals surface area contributed by atoms with Crippen molar-refractivity contribution in [2.45, 2.75) is 0 Å². The van der Waals surface area contributed by atoms with Crippen LogP contribution in [-0.4, -0.2) is 43.0 Å². The molecule has 0 fully saturated rings. The van der Waals surface area contributed by atoms with Crippen LogP contribution in [0, 0.1) is 0 Å². The fraction of sp³-hybridized carbons (Fsp3) is 0.136. The molecule has 0 amide bonds. The lowest BCUT2D eigenvalue weighted by Crippen LogP contribution is -2.06. The Morgan fingerprint density at radius 3 is 2.33 bits per heavy atom. The van der Waals surface area contributed by atoms with Crippen molar-refractivity contribution in [3.05, 3.63) is 71.7 Å². The Bertz CT molecular complexity index is 1120. The van der Waals surface area contributed by atoms with E-state index in [1.54, 1.807) is 29.1 Å². The Kier molecular flexibility index (Phi) is 5.21. The number of rotatable bonds is 6. The molecule has 0 spiro atoms. The smallest absolute Gasteiger partial charge is 0.363 e. The number of methoxy groups -OCH3 is 3. The molecule has 1 aromatic heterocycles. The van der Waals surface area contributed by atoms with Crippen molar-refractivity contribution in [1.29, 1.82) is 0 Å². The fourth-order valence-electron chi connectivity index (χ4n) is 3.03. The summed E-state index contributed by atoms with van der Waals surface area (Å²) in [6, 6.07) is 13.0. The van der Waals surface area contributed by atoms with Gasteiger partial charge in [-0.25, -0.2) is 14.5 Å². The highest BCUT2D eigenvalue weighted by Gasteiger charge is 2.26. The highest BCUT2D eigenvalue weighted by Crippen LogP contribution is 2.39. The van der Waals surface area contributed by atoms with E-state index >= 15 is 0 Å². The summed E-state index contributed by atoms with van der Waals surface area (Å²) in [6.07, 6.45) is 5.09. The Morgan fingerprint density at radius 2 is 1.70 bits per heavy atom. The normalized spacial score (nSPS) is 14.4. The second-order valence-corrected chi connectivity index (χ2v) is 6.30. The van der Waals surface area contributed by atoms with E-state index < -0.39 is 5.97 Å². The Labute approximate surface area is 173 Å². The second kappa shape index (κ2) is 8.12. The van der Waals surface area contributed by atoms with Crippen LogP contribution in [0.25, 0.3) is 11.8 Å². The molecule has 0 aliphatic carbocycles. The molecular formula is C22H19N3O5. The number of nitrogens with zero attached hydrogens (tertiary/aromatic N) is 3. The summed E-state index contributed by atoms with van der Waals surface area (Å²) in [7, 11) is 4.54. The molecule has 152 valence electrons. The number of para-hydroxylation sites is 1. The van der Waals surface area contributed by atoms with E-state index in [-0.39, 0.29) is 11.6 Å². The first-order valence-corrected chi connectivity index (χ1v) is 9.06. The quantitative estimate of drug-likeness (QED) is 0.462. The molecule has 0 saturated carbocycles. The molecule has 4 rings (SSSR count). The number of benzene rings is 2. The number of esters is 1. The molecule has 0 radical (unpaired) electrons. The Morgan fingerprint density at radius 1 is 1.00 bits per heavy atom. The van der Waals surface area contributed by atoms with Crippen LogP contribution in [0.15, 0.2) is 65.5 Å². The third kappa shape index (κ3) is 3.62. The average molecular weight is 405 g/mol. The first-order valence-electron chi connectivity index (χ1n) is 9.06. The number of carbonyl (C=O) groups is 1. The lowest BCUT2D eigenvalue weighted by Gasteiger charge is -2.13. The third-order valence-electron chi connectivity index (χ3n) is 4.46. The highest BCUT2D eigenvalue weighted by molar-refractivity contribution is 6.13. The van der Waals surface area contributed by atoms with Crippen molar-refractivity contribution in [3.8, 4) is 22.9 Å². The first-order chi connectivity index (χ1) is 14.6. The minimum Gasteiger partial charge on any atom is -0.493 e. The third-order valence-corrected chi connectivity index (χ3v) is 4.46. The molecule has 1 aliphatic rings. The number of cyclic esters (lactones) is 1. The topological polar surface area (TPSA) is 84.2 Å². The monoisotopic (exact) mass is 405 g/mol. The predicted octanol–water partition coefficient (Wildman–Crippen LogP) is 3.24. The van der Waals surface area contributed by atoms with Crippen LogP contribution in [0.5, 0.6) is 17.2 Å². The Hall–Kier alpha value is -4.07. The van der Waals surface area contributed by atoms with Gasteiger partial charge in [-0.05, 0) is 30.3 Å². The number of hydrogen-bond acceptors (Lipinski definition) is 7. The predicted molar refractivity (Wildman–Crippen MR) is 110 cm³/mol. The van der Waals surface area contributed by atoms with Gasteiger partial charge in [-0.2, -0.15) is 5.10 Å². The zero-order chi connectivity index (χ0) is 21.1. The minimum atomic E-state index is -0.550. The zero-order valence-corrected chi connectivity index (χ0v) is 16.7. The van der Waals surface area contributed by atoms with Gasteiger partial charge in [0.1, 0.15) is 0 Å². The number of hydrogen-bond donors (Lipinski definition) is 0. The summed E-state index contributed by atoms with van der Waals surface area (Å²) in [5.74, 6) is 0.921. The van der Waals surface area contributed by atoms with Gasteiger partial charge in [0.15, 0.2) is 17.2 Å². The molecule has 8 heteroatoms. The molecule has 3 aromatic rings. The first kappa shape index (κ1) is 19.3. The fourth-order valence-corrected chi connectivity index (χ4v) is 3.03. The Balaban J connectivity index is 1.66. The molecule has 0 atom stereocenters. The summed E-state index contributed by atoms with van der Waals surface area (Å²) in [4.78, 5) is 16.7. The van der Waals surface area contributed by atoms with Crippen LogP contribution in [0.1, 0.15) is 11.1 Å². The van der Waals surface area contributed by atoms with Gasteiger partial charge in [0.25, 0.3) is 0 Å². The van der Waals surface area contributed by atoms with Crippen molar-refractivity contribution in [2.75, 3.05) is 21.3 Å². The van der Waals surface area contributed by atoms with Gasteiger partial charge in [-0.3, -0.25) is 0 Å². The number of aromatic nitrogens is 2. The van der Waals surface area contributed by atoms with Gasteiger partial charge < -0.3 is 18.9 Å². The molecule has 2 aromatic carbocycles. The summed E-state index contributed by atoms with van der Waals surface area (Å²) < 4.78 is 23.1. The molecular weight excluding hydrogens is 386 g/mol. The van der Waals surface area contributed by atoms with Gasteiger partial charge in [-0.1, -0.05) is 18.2 Å². The number of ether oxygens (including phenoxy) is 4. The van der Waals surface area contributed by atoms with E-state index in [0.717, 1.165) is 11.3 Å². The summed E-state index contributed by atoms with van der Waals surface area (Å²) in [6.45, 7) is 0. The molecule has 30 heavy (non-hydrogen) atoms. The van der Waals surface area contributed by atoms with Gasteiger partial charge in [0, 0.05) is 17.3 Å². The molecule has 0 N–H and O–H groups in total. The van der Waals surface area contributed by atoms with Crippen LogP contribution in [-0.2, 0) is 9.53 Å². The van der Waals surface area contributed by atoms with Crippen LogP contribution >= 0.6 is 0 Å². The summed E-state index contributed by atoms with van der Waals surface area (Å²) in [5.41, 5.74) is 2.34. The van der Waals surface area contributed by atoms with Gasteiger partial charge in [-0.15, -0.1) is 0 Å². The van der Waals surface area contributed by atoms with Crippen LogP contribution in [0.4, 0.5) is 0 Å².